The number of ether oxygens (including phenoxy) is 2. The molecule has 68 valence electrons. The molecule has 0 N–H and O–H groups in total. The molecule has 12 heavy (non-hydrogen) atoms. The number of hydrogen-bond acceptors (Lipinski definition) is 4. The minimum absolute atomic E-state index is 0. The molecule has 0 fully saturated rings. The molecule has 0 aromatic carbocycles. The third-order valence-corrected chi connectivity index (χ3v) is 1.39. The molecular formula is C7H12O4Ti. The van der Waals surface area contributed by atoms with Gasteiger partial charge in [-0.1, -0.05) is 0 Å². The van der Waals surface area contributed by atoms with Gasteiger partial charge in [0.15, 0.2) is 5.41 Å². The molecule has 0 aliphatic heterocycles. The molecule has 0 aromatic heterocycles. The Hall–Kier alpha value is -0.346. The van der Waals surface area contributed by atoms with Crippen LogP contribution < -0.4 is 0 Å². The zero-order valence-corrected chi connectivity index (χ0v) is 9.19. The van der Waals surface area contributed by atoms with Crippen molar-refractivity contribution >= 4 is 11.9 Å². The quantitative estimate of drug-likeness (QED) is 0.373. The van der Waals surface area contributed by atoms with Crippen LogP contribution in [0.3, 0.4) is 0 Å². The molecule has 0 saturated carbocycles. The molecule has 5 heteroatoms. The summed E-state index contributed by atoms with van der Waals surface area (Å²) in [4.78, 5) is 21.8. The zero-order valence-electron chi connectivity index (χ0n) is 7.63. The van der Waals surface area contributed by atoms with E-state index in [1.54, 1.807) is 0 Å². The normalized spacial score (nSPS) is 9.67. The number of esters is 2. The second kappa shape index (κ2) is 5.33. The molecule has 0 radical (unpaired) electrons. The maximum absolute atomic E-state index is 10.9. The Morgan fingerprint density at radius 2 is 1.25 bits per heavy atom. The van der Waals surface area contributed by atoms with Gasteiger partial charge in [0.2, 0.25) is 0 Å². The van der Waals surface area contributed by atoms with Crippen LogP contribution in [0, 0.1) is 5.41 Å². The van der Waals surface area contributed by atoms with Gasteiger partial charge in [0.25, 0.3) is 0 Å². The van der Waals surface area contributed by atoms with E-state index in [2.05, 4.69) is 9.47 Å². The second-order valence-corrected chi connectivity index (χ2v) is 2.61. The molecule has 0 aliphatic rings. The monoisotopic (exact) mass is 208 g/mol. The molecule has 0 rings (SSSR count). The van der Waals surface area contributed by atoms with Gasteiger partial charge in [0.1, 0.15) is 0 Å². The standard InChI is InChI=1S/C7H12O4.Ti/c1-7(2,5(8)10-3)6(9)11-4;/h1-4H3;. The molecule has 0 unspecified atom stereocenters. The third-order valence-electron chi connectivity index (χ3n) is 1.39. The van der Waals surface area contributed by atoms with Crippen molar-refractivity contribution in [1.29, 1.82) is 0 Å². The van der Waals surface area contributed by atoms with Crippen molar-refractivity contribution in [2.45, 2.75) is 13.8 Å². The summed E-state index contributed by atoms with van der Waals surface area (Å²) in [6.45, 7) is 2.90. The minimum atomic E-state index is -1.20. The van der Waals surface area contributed by atoms with Crippen molar-refractivity contribution in [2.24, 2.45) is 5.41 Å². The zero-order chi connectivity index (χ0) is 9.07. The Bertz CT molecular complexity index is 158. The van der Waals surface area contributed by atoms with Gasteiger partial charge >= 0.3 is 11.9 Å². The van der Waals surface area contributed by atoms with Crippen molar-refractivity contribution in [3.8, 4) is 0 Å². The van der Waals surface area contributed by atoms with Crippen molar-refractivity contribution in [2.75, 3.05) is 14.2 Å². The third kappa shape index (κ3) is 2.95. The van der Waals surface area contributed by atoms with E-state index in [1.807, 2.05) is 0 Å². The summed E-state index contributed by atoms with van der Waals surface area (Å²) >= 11 is 0. The van der Waals surface area contributed by atoms with Crippen molar-refractivity contribution in [1.82, 2.24) is 0 Å². The summed E-state index contributed by atoms with van der Waals surface area (Å²) in [7, 11) is 2.46. The van der Waals surface area contributed by atoms with Gasteiger partial charge in [-0.25, -0.2) is 0 Å². The van der Waals surface area contributed by atoms with Gasteiger partial charge in [-0.2, -0.15) is 0 Å². The van der Waals surface area contributed by atoms with E-state index in [4.69, 9.17) is 0 Å². The van der Waals surface area contributed by atoms with Crippen LogP contribution in [0.4, 0.5) is 0 Å². The Morgan fingerprint density at radius 1 is 1.00 bits per heavy atom. The van der Waals surface area contributed by atoms with E-state index in [9.17, 15) is 9.59 Å². The van der Waals surface area contributed by atoms with Crippen LogP contribution in [0.2, 0.25) is 0 Å². The van der Waals surface area contributed by atoms with E-state index >= 15 is 0 Å². The van der Waals surface area contributed by atoms with Crippen LogP contribution in [0.5, 0.6) is 0 Å². The van der Waals surface area contributed by atoms with E-state index < -0.39 is 17.4 Å². The Balaban J connectivity index is 0. The largest absolute Gasteiger partial charge is 0.468 e. The summed E-state index contributed by atoms with van der Waals surface area (Å²) in [5.41, 5.74) is -1.20. The number of carbonyl (C=O) groups excluding carboxylic acids is 2. The van der Waals surface area contributed by atoms with Crippen molar-refractivity contribution in [3.05, 3.63) is 0 Å². The van der Waals surface area contributed by atoms with Gasteiger partial charge in [0, 0.05) is 21.7 Å². The summed E-state index contributed by atoms with van der Waals surface area (Å²) in [5.74, 6) is -1.19. The fourth-order valence-corrected chi connectivity index (χ4v) is 0.594. The molecule has 0 atom stereocenters. The van der Waals surface area contributed by atoms with Gasteiger partial charge < -0.3 is 9.47 Å². The van der Waals surface area contributed by atoms with Crippen LogP contribution in [-0.2, 0) is 40.8 Å². The Labute approximate surface area is 86.5 Å². The van der Waals surface area contributed by atoms with E-state index in [0.29, 0.717) is 0 Å². The Kier molecular flexibility index (Phi) is 6.30. The molecule has 0 aliphatic carbocycles. The van der Waals surface area contributed by atoms with Gasteiger partial charge in [-0.3, -0.25) is 9.59 Å². The van der Waals surface area contributed by atoms with E-state index in [1.165, 1.54) is 28.1 Å². The molecule has 0 bridgehead atoms. The molecule has 0 amide bonds. The summed E-state index contributed by atoms with van der Waals surface area (Å²) in [6.07, 6.45) is 0. The maximum Gasteiger partial charge on any atom is 0.322 e. The van der Waals surface area contributed by atoms with Gasteiger partial charge in [-0.05, 0) is 13.8 Å². The van der Waals surface area contributed by atoms with Crippen LogP contribution in [-0.4, -0.2) is 26.2 Å². The smallest absolute Gasteiger partial charge is 0.322 e. The first-order chi connectivity index (χ1) is 4.96. The molecule has 4 nitrogen and oxygen atoms in total. The summed E-state index contributed by atoms with van der Waals surface area (Å²) in [6, 6.07) is 0. The summed E-state index contributed by atoms with van der Waals surface area (Å²) in [5, 5.41) is 0. The van der Waals surface area contributed by atoms with Gasteiger partial charge in [0.05, 0.1) is 14.2 Å². The minimum Gasteiger partial charge on any atom is -0.468 e. The van der Waals surface area contributed by atoms with E-state index in [0.717, 1.165) is 0 Å². The number of methoxy groups -OCH3 is 2. The predicted molar refractivity (Wildman–Crippen MR) is 37.8 cm³/mol. The molecule has 0 saturated heterocycles. The second-order valence-electron chi connectivity index (χ2n) is 2.61. The average Bonchev–Trinajstić information content (AvgIpc) is 2.01. The van der Waals surface area contributed by atoms with Crippen LogP contribution in [0.1, 0.15) is 13.8 Å². The topological polar surface area (TPSA) is 52.6 Å². The van der Waals surface area contributed by atoms with Crippen molar-refractivity contribution in [3.63, 3.8) is 0 Å². The number of rotatable bonds is 2. The maximum atomic E-state index is 10.9. The SMILES string of the molecule is COC(=O)C(C)(C)C(=O)OC.[Ti]. The van der Waals surface area contributed by atoms with Crippen LogP contribution in [0.25, 0.3) is 0 Å². The first kappa shape index (κ1) is 14.2. The molecule has 0 spiro atoms. The molecular weight excluding hydrogens is 196 g/mol. The van der Waals surface area contributed by atoms with Crippen LogP contribution in [0.15, 0.2) is 0 Å². The van der Waals surface area contributed by atoms with Crippen molar-refractivity contribution < 1.29 is 40.8 Å². The molecule has 0 heterocycles. The fourth-order valence-electron chi connectivity index (χ4n) is 0.594. The average molecular weight is 208 g/mol. The van der Waals surface area contributed by atoms with Gasteiger partial charge in [-0.15, -0.1) is 0 Å². The fraction of sp³-hybridized carbons (Fsp3) is 0.714. The van der Waals surface area contributed by atoms with E-state index in [-0.39, 0.29) is 21.7 Å². The summed E-state index contributed by atoms with van der Waals surface area (Å²) < 4.78 is 8.80. The molecule has 0 aromatic rings. The predicted octanol–water partition coefficient (Wildman–Crippen LogP) is 0.356. The van der Waals surface area contributed by atoms with Crippen LogP contribution >= 0.6 is 0 Å². The number of hydrogen-bond donors (Lipinski definition) is 0. The Morgan fingerprint density at radius 3 is 1.42 bits per heavy atom. The first-order valence-electron chi connectivity index (χ1n) is 3.13. The number of carbonyl (C=O) groups is 2. The first-order valence-corrected chi connectivity index (χ1v) is 3.13.